The Hall–Kier alpha value is -0.950. The minimum Gasteiger partial charge on any atom is -0.388 e. The molecule has 1 atom stereocenters. The summed E-state index contributed by atoms with van der Waals surface area (Å²) >= 11 is 5.16. The van der Waals surface area contributed by atoms with Crippen LogP contribution in [-0.2, 0) is 0 Å². The highest BCUT2D eigenvalue weighted by molar-refractivity contribution is 8.17. The van der Waals surface area contributed by atoms with E-state index >= 15 is 0 Å². The molecule has 1 N–H and O–H groups in total. The van der Waals surface area contributed by atoms with E-state index in [2.05, 4.69) is 39.7 Å². The van der Waals surface area contributed by atoms with E-state index in [0.717, 1.165) is 28.9 Å². The summed E-state index contributed by atoms with van der Waals surface area (Å²) in [4.78, 5) is 9.11. The largest absolute Gasteiger partial charge is 0.388 e. The monoisotopic (exact) mass is 348 g/mol. The fourth-order valence-corrected chi connectivity index (χ4v) is 5.62. The Balaban J connectivity index is 1.92. The van der Waals surface area contributed by atoms with Gasteiger partial charge in [-0.2, -0.15) is 0 Å². The third-order valence-electron chi connectivity index (χ3n) is 3.91. The first kappa shape index (κ1) is 14.6. The number of benzene rings is 1. The summed E-state index contributed by atoms with van der Waals surface area (Å²) in [5.74, 6) is 0. The zero-order valence-electron chi connectivity index (χ0n) is 12.4. The molecule has 0 spiro atoms. The van der Waals surface area contributed by atoms with Crippen molar-refractivity contribution in [3.8, 4) is 0 Å². The molecule has 0 saturated heterocycles. The van der Waals surface area contributed by atoms with E-state index in [1.807, 2.05) is 6.92 Å². The van der Waals surface area contributed by atoms with Crippen molar-refractivity contribution in [2.24, 2.45) is 4.99 Å². The Morgan fingerprint density at radius 1 is 1.41 bits per heavy atom. The molecule has 1 aromatic carbocycles. The Kier molecular flexibility index (Phi) is 3.72. The maximum atomic E-state index is 10.2. The molecule has 2 aliphatic rings. The maximum Gasteiger partial charge on any atom is 0.168 e. The number of hydrogen-bond acceptors (Lipinski definition) is 6. The van der Waals surface area contributed by atoms with Crippen LogP contribution in [0.15, 0.2) is 38.4 Å². The topological polar surface area (TPSA) is 35.8 Å². The first-order valence-corrected chi connectivity index (χ1v) is 10.1. The normalized spacial score (nSPS) is 19.0. The molecule has 114 valence electrons. The van der Waals surface area contributed by atoms with Crippen LogP contribution in [0, 0.1) is 0 Å². The smallest absolute Gasteiger partial charge is 0.168 e. The third kappa shape index (κ3) is 2.21. The Labute approximate surface area is 142 Å². The predicted octanol–water partition coefficient (Wildman–Crippen LogP) is 4.09. The van der Waals surface area contributed by atoms with Crippen LogP contribution < -0.4 is 0 Å². The zero-order chi connectivity index (χ0) is 15.3. The van der Waals surface area contributed by atoms with Crippen molar-refractivity contribution in [3.05, 3.63) is 34.0 Å². The van der Waals surface area contributed by atoms with E-state index in [1.54, 1.807) is 34.9 Å². The lowest BCUT2D eigenvalue weighted by Gasteiger charge is -2.19. The number of amidine groups is 1. The molecule has 2 aromatic rings. The number of thioether (sulfide) groups is 2. The molecule has 3 heterocycles. The Morgan fingerprint density at radius 3 is 3.05 bits per heavy atom. The zero-order valence-corrected chi connectivity index (χ0v) is 14.8. The van der Waals surface area contributed by atoms with Gasteiger partial charge in [-0.05, 0) is 36.8 Å². The summed E-state index contributed by atoms with van der Waals surface area (Å²) in [6.45, 7) is 3.59. The van der Waals surface area contributed by atoms with E-state index in [4.69, 9.17) is 0 Å². The second-order valence-electron chi connectivity index (χ2n) is 5.32. The van der Waals surface area contributed by atoms with Gasteiger partial charge in [0.1, 0.15) is 0 Å². The SMILES string of the molecule is CSc1cc(C2=C(C(C)O)SC3=NCCN32)cc2sccc12. The maximum absolute atomic E-state index is 10.2. The van der Waals surface area contributed by atoms with Gasteiger partial charge in [-0.1, -0.05) is 11.8 Å². The molecule has 0 amide bonds. The highest BCUT2D eigenvalue weighted by Crippen LogP contribution is 2.45. The fraction of sp³-hybridized carbons (Fsp3) is 0.312. The molecule has 0 aliphatic carbocycles. The van der Waals surface area contributed by atoms with Crippen LogP contribution in [-0.4, -0.2) is 40.6 Å². The summed E-state index contributed by atoms with van der Waals surface area (Å²) in [5.41, 5.74) is 2.33. The lowest BCUT2D eigenvalue weighted by atomic mass is 10.1. The summed E-state index contributed by atoms with van der Waals surface area (Å²) in [6, 6.07) is 6.68. The van der Waals surface area contributed by atoms with Crippen LogP contribution in [0.4, 0.5) is 0 Å². The number of thiophene rings is 1. The van der Waals surface area contributed by atoms with Crippen molar-refractivity contribution in [2.45, 2.75) is 17.9 Å². The fourth-order valence-electron chi connectivity index (χ4n) is 2.93. The molecule has 0 bridgehead atoms. The van der Waals surface area contributed by atoms with Crippen molar-refractivity contribution < 1.29 is 5.11 Å². The first-order valence-electron chi connectivity index (χ1n) is 7.16. The molecular weight excluding hydrogens is 332 g/mol. The molecule has 1 aromatic heterocycles. The van der Waals surface area contributed by atoms with Gasteiger partial charge in [0.15, 0.2) is 5.17 Å². The van der Waals surface area contributed by atoms with Crippen molar-refractivity contribution >= 4 is 55.8 Å². The molecule has 1 unspecified atom stereocenters. The number of aliphatic imine (C=N–C) groups is 1. The van der Waals surface area contributed by atoms with Gasteiger partial charge < -0.3 is 10.0 Å². The molecule has 0 saturated carbocycles. The van der Waals surface area contributed by atoms with Crippen LogP contribution in [0.2, 0.25) is 0 Å². The van der Waals surface area contributed by atoms with Gasteiger partial charge in [0.05, 0.1) is 18.3 Å². The molecule has 0 radical (unpaired) electrons. The molecule has 3 nitrogen and oxygen atoms in total. The highest BCUT2D eigenvalue weighted by atomic mass is 32.2. The number of nitrogens with zero attached hydrogens (tertiary/aromatic N) is 2. The summed E-state index contributed by atoms with van der Waals surface area (Å²) < 4.78 is 1.30. The number of hydrogen-bond donors (Lipinski definition) is 1. The second kappa shape index (κ2) is 5.60. The summed E-state index contributed by atoms with van der Waals surface area (Å²) in [7, 11) is 0. The van der Waals surface area contributed by atoms with Gasteiger partial charge in [-0.15, -0.1) is 23.1 Å². The molecule has 22 heavy (non-hydrogen) atoms. The summed E-state index contributed by atoms with van der Waals surface area (Å²) in [5, 5.41) is 14.7. The van der Waals surface area contributed by atoms with Gasteiger partial charge in [0, 0.05) is 32.0 Å². The van der Waals surface area contributed by atoms with Gasteiger partial charge in [-0.25, -0.2) is 0 Å². The van der Waals surface area contributed by atoms with E-state index in [9.17, 15) is 5.11 Å². The number of aliphatic hydroxyl groups excluding tert-OH is 1. The van der Waals surface area contributed by atoms with Gasteiger partial charge in [0.25, 0.3) is 0 Å². The quantitative estimate of drug-likeness (QED) is 0.848. The van der Waals surface area contributed by atoms with Crippen LogP contribution in [0.5, 0.6) is 0 Å². The number of fused-ring (bicyclic) bond motifs is 2. The first-order chi connectivity index (χ1) is 10.7. The van der Waals surface area contributed by atoms with Crippen LogP contribution in [0.25, 0.3) is 15.8 Å². The van der Waals surface area contributed by atoms with Crippen LogP contribution >= 0.6 is 34.9 Å². The van der Waals surface area contributed by atoms with Gasteiger partial charge in [0.2, 0.25) is 0 Å². The average Bonchev–Trinajstić information content (AvgIpc) is 3.19. The van der Waals surface area contributed by atoms with E-state index in [-0.39, 0.29) is 0 Å². The molecule has 6 heteroatoms. The lowest BCUT2D eigenvalue weighted by molar-refractivity contribution is 0.240. The van der Waals surface area contributed by atoms with Crippen LogP contribution in [0.3, 0.4) is 0 Å². The minimum absolute atomic E-state index is 0.468. The Morgan fingerprint density at radius 2 is 2.27 bits per heavy atom. The van der Waals surface area contributed by atoms with E-state index in [1.165, 1.54) is 20.5 Å². The molecule has 0 fully saturated rings. The minimum atomic E-state index is -0.468. The molecule has 4 rings (SSSR count). The molecular formula is C16H16N2OS3. The predicted molar refractivity (Wildman–Crippen MR) is 98.8 cm³/mol. The second-order valence-corrected chi connectivity index (χ2v) is 8.12. The average molecular weight is 349 g/mol. The standard InChI is InChI=1S/C16H16N2OS3/c1-9(19)15-14(18-5-4-17-16(18)22-15)10-7-12(20-2)11-3-6-21-13(11)8-10/h3,6-9,19H,4-5H2,1-2H3. The van der Waals surface area contributed by atoms with Gasteiger partial charge in [-0.3, -0.25) is 4.99 Å². The summed E-state index contributed by atoms with van der Waals surface area (Å²) in [6.07, 6.45) is 1.65. The third-order valence-corrected chi connectivity index (χ3v) is 6.84. The van der Waals surface area contributed by atoms with Crippen molar-refractivity contribution in [1.82, 2.24) is 4.90 Å². The van der Waals surface area contributed by atoms with Gasteiger partial charge >= 0.3 is 0 Å². The van der Waals surface area contributed by atoms with E-state index in [0.29, 0.717) is 0 Å². The highest BCUT2D eigenvalue weighted by Gasteiger charge is 2.35. The number of rotatable bonds is 3. The van der Waals surface area contributed by atoms with Crippen molar-refractivity contribution in [2.75, 3.05) is 19.3 Å². The lowest BCUT2D eigenvalue weighted by Crippen LogP contribution is -2.20. The van der Waals surface area contributed by atoms with E-state index < -0.39 is 6.10 Å². The molecule has 2 aliphatic heterocycles. The van der Waals surface area contributed by atoms with Crippen LogP contribution in [0.1, 0.15) is 12.5 Å². The van der Waals surface area contributed by atoms with Crippen molar-refractivity contribution in [1.29, 1.82) is 0 Å². The van der Waals surface area contributed by atoms with Crippen molar-refractivity contribution in [3.63, 3.8) is 0 Å². The number of aliphatic hydroxyl groups is 1. The Bertz CT molecular complexity index is 807.